The summed E-state index contributed by atoms with van der Waals surface area (Å²) in [6, 6.07) is 5.29. The maximum Gasteiger partial charge on any atom is 0.203 e. The average Bonchev–Trinajstić information content (AvgIpc) is 1.57. The molecule has 0 aromatic heterocycles. The number of hydrogen-bond acceptors (Lipinski definition) is 7. The summed E-state index contributed by atoms with van der Waals surface area (Å²) < 4.78 is 22.2. The van der Waals surface area contributed by atoms with Crippen molar-refractivity contribution in [3.05, 3.63) is 52.1 Å². The van der Waals surface area contributed by atoms with E-state index < -0.39 is 0 Å². The molecule has 14 fully saturated rings. The minimum absolute atomic E-state index is 0.0718. The predicted octanol–water partition coefficient (Wildman–Crippen LogP) is 12.3. The summed E-state index contributed by atoms with van der Waals surface area (Å²) in [5.41, 5.74) is 9.70. The molecular weight excluding hydrogens is 945 g/mol. The number of hydrogen-bond donors (Lipinski definition) is 0. The van der Waals surface area contributed by atoms with Crippen molar-refractivity contribution in [3.63, 3.8) is 0 Å². The van der Waals surface area contributed by atoms with Gasteiger partial charge >= 0.3 is 0 Å². The number of rotatable bonds is 22. The van der Waals surface area contributed by atoms with Crippen LogP contribution in [-0.4, -0.2) is 112 Å². The van der Waals surface area contributed by atoms with Crippen LogP contribution in [0, 0.1) is 153 Å². The highest BCUT2D eigenvalue weighted by Gasteiger charge is 2.93. The molecule has 13 saturated carbocycles. The van der Waals surface area contributed by atoms with Crippen molar-refractivity contribution < 1.29 is 14.2 Å². The predicted molar refractivity (Wildman–Crippen MR) is 304 cm³/mol. The Labute approximate surface area is 464 Å². The van der Waals surface area contributed by atoms with E-state index in [2.05, 4.69) is 98.0 Å². The molecule has 27 unspecified atom stereocenters. The Morgan fingerprint density at radius 2 is 0.896 bits per heavy atom. The molecule has 0 N–H and O–H groups in total. The van der Waals surface area contributed by atoms with Crippen LogP contribution in [0.3, 0.4) is 0 Å². The van der Waals surface area contributed by atoms with Gasteiger partial charge in [-0.1, -0.05) is 64.8 Å². The van der Waals surface area contributed by atoms with E-state index in [9.17, 15) is 0 Å². The van der Waals surface area contributed by atoms with Crippen LogP contribution in [-0.2, 0) is 0 Å². The van der Waals surface area contributed by atoms with E-state index in [1.807, 2.05) is 16.7 Å². The third kappa shape index (κ3) is 5.40. The second-order valence-electron chi connectivity index (χ2n) is 30.3. The van der Waals surface area contributed by atoms with E-state index in [0.717, 1.165) is 237 Å². The van der Waals surface area contributed by atoms with Gasteiger partial charge in [0, 0.05) is 48.6 Å². The van der Waals surface area contributed by atoms with Gasteiger partial charge in [0.1, 0.15) is 0 Å². The fourth-order valence-corrected chi connectivity index (χ4v) is 29.6. The highest BCUT2D eigenvalue weighted by molar-refractivity contribution is 5.67. The summed E-state index contributed by atoms with van der Waals surface area (Å²) in [6.45, 7) is 26.9. The molecule has 1 aromatic carbocycles. The number of benzene rings is 1. The molecule has 1 saturated heterocycles. The summed E-state index contributed by atoms with van der Waals surface area (Å²) in [7, 11) is 2.66. The molecular formula is C70H98N4O3. The normalized spacial score (nSPS) is 51.0. The van der Waals surface area contributed by atoms with Crippen molar-refractivity contribution in [2.24, 2.45) is 153 Å². The zero-order chi connectivity index (χ0) is 51.3. The first-order chi connectivity index (χ1) is 37.9. The first-order valence-corrected chi connectivity index (χ1v) is 34.0. The summed E-state index contributed by atoms with van der Waals surface area (Å²) in [5, 5.41) is 0. The molecule has 77 heavy (non-hydrogen) atoms. The monoisotopic (exact) mass is 1040 g/mol. The molecule has 1 heterocycles. The number of nitrogens with zero attached hydrogens (tertiary/aromatic N) is 4. The van der Waals surface area contributed by atoms with Crippen LogP contribution in [0.2, 0.25) is 0 Å². The van der Waals surface area contributed by atoms with Gasteiger partial charge in [-0.05, 0) is 282 Å². The summed E-state index contributed by atoms with van der Waals surface area (Å²) in [5.74, 6) is 27.0. The molecule has 18 rings (SSSR count). The van der Waals surface area contributed by atoms with Crippen molar-refractivity contribution in [1.82, 2.24) is 19.6 Å². The zero-order valence-electron chi connectivity index (χ0n) is 48.7. The molecule has 0 bridgehead atoms. The van der Waals surface area contributed by atoms with E-state index in [-0.39, 0.29) is 16.9 Å². The minimum Gasteiger partial charge on any atom is -0.489 e. The minimum atomic E-state index is 0.0718. The summed E-state index contributed by atoms with van der Waals surface area (Å²) in [4.78, 5) is 10.7. The second-order valence-corrected chi connectivity index (χ2v) is 30.3. The lowest BCUT2D eigenvalue weighted by atomic mass is 9.33. The van der Waals surface area contributed by atoms with Crippen LogP contribution in [0.1, 0.15) is 124 Å². The fraction of sp³-hybridized carbons (Fsp3) is 0.829. The Bertz CT molecular complexity index is 2690. The number of ether oxygens (including phenoxy) is 3. The van der Waals surface area contributed by atoms with Crippen LogP contribution < -0.4 is 14.2 Å². The Hall–Kier alpha value is -2.32. The molecule has 7 nitrogen and oxygen atoms in total. The molecule has 0 amide bonds. The molecule has 27 atom stereocenters. The zero-order valence-corrected chi connectivity index (χ0v) is 48.7. The van der Waals surface area contributed by atoms with Gasteiger partial charge in [-0.2, -0.15) is 0 Å². The van der Waals surface area contributed by atoms with Crippen molar-refractivity contribution in [1.29, 1.82) is 0 Å². The third-order valence-corrected chi connectivity index (χ3v) is 30.1. The largest absolute Gasteiger partial charge is 0.489 e. The maximum absolute atomic E-state index is 7.69. The highest BCUT2D eigenvalue weighted by Crippen LogP contribution is 2.96. The molecule has 416 valence electrons. The van der Waals surface area contributed by atoms with Gasteiger partial charge in [0.05, 0.1) is 19.8 Å². The molecule has 0 radical (unpaired) electrons. The Morgan fingerprint density at radius 1 is 0.468 bits per heavy atom. The highest BCUT2D eigenvalue weighted by atomic mass is 16.5. The molecule has 1 aliphatic heterocycles. The van der Waals surface area contributed by atoms with Crippen molar-refractivity contribution >= 4 is 0 Å². The van der Waals surface area contributed by atoms with E-state index in [4.69, 9.17) is 14.2 Å². The van der Waals surface area contributed by atoms with Crippen LogP contribution in [0.15, 0.2) is 46.6 Å². The fourth-order valence-electron chi connectivity index (χ4n) is 29.6. The maximum atomic E-state index is 7.69. The first-order valence-electron chi connectivity index (χ1n) is 34.0. The quantitative estimate of drug-likeness (QED) is 0.107. The van der Waals surface area contributed by atoms with Crippen LogP contribution in [0.4, 0.5) is 0 Å². The van der Waals surface area contributed by atoms with Gasteiger partial charge in [0.2, 0.25) is 5.75 Å². The van der Waals surface area contributed by atoms with Gasteiger partial charge in [-0.25, -0.2) is 0 Å². The Balaban J connectivity index is 0.844. The molecule has 7 heteroatoms. The third-order valence-electron chi connectivity index (χ3n) is 30.1. The lowest BCUT2D eigenvalue weighted by molar-refractivity contribution is -0.190. The lowest BCUT2D eigenvalue weighted by Crippen LogP contribution is -2.67. The lowest BCUT2D eigenvalue weighted by Gasteiger charge is -2.69. The number of fused-ring (bicyclic) bond motifs is 3. The standard InChI is InChI=1S/C70H98N4O3/c1-8-72(9-2)29-14-32-75-47-28-25-44(66(76-33-15-30-73(10-3)11-4)67(47)77-34-16-31-74(12-5)13-6)68-70-46-27-26-45-42-23-21-40-38-19-17-36-37-18-20-39-41-22-24-43(46)55-53(41)58-51(39)49(37)56-48(36)50(38)57-52(40)54(42)64(69(45,70)35-71(68)7)62-60(57)59(56)61(58)63(62)65(55)70/h25-28,36-41,48-65,68H,8-24,29-35H2,1-7H3. The van der Waals surface area contributed by atoms with Crippen LogP contribution in [0.25, 0.3) is 0 Å². The number of allylic oxidation sites excluding steroid dienone is 4. The van der Waals surface area contributed by atoms with Gasteiger partial charge in [-0.15, -0.1) is 0 Å². The van der Waals surface area contributed by atoms with Crippen LogP contribution >= 0.6 is 0 Å². The SMILES string of the molecule is CCN(CC)CCCOc1ccc(C2N(C)CC34C5=C6CCC7C8CCC9C%10CCC%11C%12CCC%13=C(C=C5)C23C2C%13C%12C3C%11C%10C5C9C8C8C7C6C4C4C8C5C3C42)c(OCCCN(CC)CC)c1OCCCN(CC)CC. The smallest absolute Gasteiger partial charge is 0.203 e. The summed E-state index contributed by atoms with van der Waals surface area (Å²) >= 11 is 0. The van der Waals surface area contributed by atoms with Gasteiger partial charge in [-0.3, -0.25) is 4.90 Å². The van der Waals surface area contributed by atoms with Gasteiger partial charge in [0.25, 0.3) is 0 Å². The molecule has 1 aromatic rings. The first kappa shape index (κ1) is 48.2. The Kier molecular flexibility index (Phi) is 10.6. The van der Waals surface area contributed by atoms with E-state index in [1.54, 1.807) is 25.7 Å². The molecule has 2 spiro atoms. The number of likely N-dealkylation sites (tertiary alicyclic amines) is 1. The second kappa shape index (κ2) is 16.9. The van der Waals surface area contributed by atoms with E-state index in [1.165, 1.54) is 37.8 Å². The van der Waals surface area contributed by atoms with Crippen molar-refractivity contribution in [2.45, 2.75) is 118 Å². The van der Waals surface area contributed by atoms with Crippen molar-refractivity contribution in [3.8, 4) is 17.2 Å². The van der Waals surface area contributed by atoms with Crippen LogP contribution in [0.5, 0.6) is 17.2 Å². The summed E-state index contributed by atoms with van der Waals surface area (Å²) in [6.07, 6.45) is 21.3. The molecule has 17 aliphatic rings. The van der Waals surface area contributed by atoms with Crippen molar-refractivity contribution in [2.75, 3.05) is 92.3 Å². The van der Waals surface area contributed by atoms with E-state index >= 15 is 0 Å². The Morgan fingerprint density at radius 3 is 1.44 bits per heavy atom. The van der Waals surface area contributed by atoms with Gasteiger partial charge in [0.15, 0.2) is 11.5 Å². The molecule has 16 aliphatic carbocycles. The van der Waals surface area contributed by atoms with E-state index in [0.29, 0.717) is 19.8 Å². The topological polar surface area (TPSA) is 40.6 Å². The van der Waals surface area contributed by atoms with Gasteiger partial charge < -0.3 is 28.9 Å². The average molecular weight is 1040 g/mol.